The molecule has 0 atom stereocenters. The van der Waals surface area contributed by atoms with Gasteiger partial charge in [-0.15, -0.1) is 11.3 Å². The Morgan fingerprint density at radius 3 is 2.76 bits per heavy atom. The Hall–Kier alpha value is -2.40. The fourth-order valence-corrected chi connectivity index (χ4v) is 3.74. The second-order valence-corrected chi connectivity index (χ2v) is 7.43. The third-order valence-corrected chi connectivity index (χ3v) is 5.60. The Kier molecular flexibility index (Phi) is 4.40. The minimum Gasteiger partial charge on any atom is -0.355 e. The summed E-state index contributed by atoms with van der Waals surface area (Å²) < 4.78 is 5.45. The maximum atomic E-state index is 12.6. The summed E-state index contributed by atoms with van der Waals surface area (Å²) in [5, 5.41) is 9.26. The van der Waals surface area contributed by atoms with Gasteiger partial charge in [-0.1, -0.05) is 41.6 Å². The quantitative estimate of drug-likeness (QED) is 0.649. The van der Waals surface area contributed by atoms with E-state index in [2.05, 4.69) is 22.6 Å². The Labute approximate surface area is 150 Å². The molecule has 0 unspecified atom stereocenters. The Balaban J connectivity index is 1.34. The Bertz CT molecular complexity index is 836. The number of nitrogens with zero attached hydrogens (tertiary/aromatic N) is 1. The van der Waals surface area contributed by atoms with E-state index in [0.29, 0.717) is 6.54 Å². The van der Waals surface area contributed by atoms with E-state index in [1.165, 1.54) is 5.56 Å². The summed E-state index contributed by atoms with van der Waals surface area (Å²) in [5.41, 5.74) is 1.58. The molecule has 4 rings (SSSR count). The SMILES string of the molecule is O=C(NCCCc1ccccc1)C1(c2cc(-c3cccs3)on2)CC1. The van der Waals surface area contributed by atoms with Crippen molar-refractivity contribution in [1.82, 2.24) is 10.5 Å². The highest BCUT2D eigenvalue weighted by molar-refractivity contribution is 7.13. The number of aryl methyl sites for hydroxylation is 1. The lowest BCUT2D eigenvalue weighted by Crippen LogP contribution is -2.35. The first-order valence-electron chi connectivity index (χ1n) is 8.61. The van der Waals surface area contributed by atoms with E-state index in [9.17, 15) is 4.79 Å². The van der Waals surface area contributed by atoms with Crippen molar-refractivity contribution < 1.29 is 9.32 Å². The number of hydrogen-bond donors (Lipinski definition) is 1. The van der Waals surface area contributed by atoms with Gasteiger partial charge in [0.05, 0.1) is 16.0 Å². The van der Waals surface area contributed by atoms with Crippen molar-refractivity contribution in [2.24, 2.45) is 0 Å². The summed E-state index contributed by atoms with van der Waals surface area (Å²) in [6, 6.07) is 16.2. The molecule has 1 saturated carbocycles. The number of aromatic nitrogens is 1. The number of carbonyl (C=O) groups excluding carboxylic acids is 1. The Morgan fingerprint density at radius 1 is 1.20 bits per heavy atom. The molecule has 25 heavy (non-hydrogen) atoms. The van der Waals surface area contributed by atoms with Crippen LogP contribution in [0, 0.1) is 0 Å². The van der Waals surface area contributed by atoms with Gasteiger partial charge in [-0.3, -0.25) is 4.79 Å². The summed E-state index contributed by atoms with van der Waals surface area (Å²) in [6.07, 6.45) is 3.59. The molecular formula is C20H20N2O2S. The molecule has 1 aliphatic carbocycles. The van der Waals surface area contributed by atoms with E-state index in [0.717, 1.165) is 42.0 Å². The van der Waals surface area contributed by atoms with Gasteiger partial charge < -0.3 is 9.84 Å². The summed E-state index contributed by atoms with van der Waals surface area (Å²) in [7, 11) is 0. The predicted octanol–water partition coefficient (Wildman–Crippen LogP) is 4.18. The van der Waals surface area contributed by atoms with Crippen molar-refractivity contribution >= 4 is 17.2 Å². The molecule has 1 amide bonds. The zero-order valence-corrected chi connectivity index (χ0v) is 14.7. The average Bonchev–Trinajstić information content (AvgIpc) is 3.06. The molecular weight excluding hydrogens is 332 g/mol. The van der Waals surface area contributed by atoms with E-state index in [4.69, 9.17) is 4.52 Å². The fraction of sp³-hybridized carbons (Fsp3) is 0.300. The first-order chi connectivity index (χ1) is 12.3. The summed E-state index contributed by atoms with van der Waals surface area (Å²) in [5.74, 6) is 0.819. The fourth-order valence-electron chi connectivity index (χ4n) is 3.07. The van der Waals surface area contributed by atoms with Crippen molar-refractivity contribution in [3.05, 3.63) is 65.2 Å². The van der Waals surface area contributed by atoms with Crippen LogP contribution >= 0.6 is 11.3 Å². The van der Waals surface area contributed by atoms with Crippen LogP contribution in [0.15, 0.2) is 58.4 Å². The minimum absolute atomic E-state index is 0.0755. The number of thiophene rings is 1. The third-order valence-electron chi connectivity index (χ3n) is 4.72. The summed E-state index contributed by atoms with van der Waals surface area (Å²) in [6.45, 7) is 0.686. The van der Waals surface area contributed by atoms with Gasteiger partial charge in [0.1, 0.15) is 0 Å². The smallest absolute Gasteiger partial charge is 0.232 e. The molecule has 0 bridgehead atoms. The van der Waals surface area contributed by atoms with E-state index in [1.807, 2.05) is 41.8 Å². The maximum Gasteiger partial charge on any atom is 0.232 e. The largest absolute Gasteiger partial charge is 0.355 e. The monoisotopic (exact) mass is 352 g/mol. The zero-order valence-electron chi connectivity index (χ0n) is 13.9. The first-order valence-corrected chi connectivity index (χ1v) is 9.49. The number of hydrogen-bond acceptors (Lipinski definition) is 4. The lowest BCUT2D eigenvalue weighted by molar-refractivity contribution is -0.123. The van der Waals surface area contributed by atoms with Gasteiger partial charge in [0, 0.05) is 12.6 Å². The average molecular weight is 352 g/mol. The highest BCUT2D eigenvalue weighted by Crippen LogP contribution is 2.48. The van der Waals surface area contributed by atoms with Gasteiger partial charge in [0.2, 0.25) is 5.91 Å². The van der Waals surface area contributed by atoms with Gasteiger partial charge in [-0.05, 0) is 42.7 Å². The van der Waals surface area contributed by atoms with Crippen LogP contribution in [0.3, 0.4) is 0 Å². The predicted molar refractivity (Wildman–Crippen MR) is 98.5 cm³/mol. The van der Waals surface area contributed by atoms with Crippen molar-refractivity contribution in [3.8, 4) is 10.6 Å². The second-order valence-electron chi connectivity index (χ2n) is 6.48. The second kappa shape index (κ2) is 6.84. The molecule has 4 nitrogen and oxygen atoms in total. The van der Waals surface area contributed by atoms with Crippen molar-refractivity contribution in [2.75, 3.05) is 6.54 Å². The first kappa shape index (κ1) is 16.1. The molecule has 0 saturated heterocycles. The van der Waals surface area contributed by atoms with E-state index in [1.54, 1.807) is 11.3 Å². The molecule has 3 aromatic rings. The molecule has 1 aliphatic rings. The third kappa shape index (κ3) is 3.37. The topological polar surface area (TPSA) is 55.1 Å². The van der Waals surface area contributed by atoms with Crippen LogP contribution in [-0.2, 0) is 16.6 Å². The van der Waals surface area contributed by atoms with Crippen LogP contribution in [-0.4, -0.2) is 17.6 Å². The van der Waals surface area contributed by atoms with Crippen LogP contribution < -0.4 is 5.32 Å². The van der Waals surface area contributed by atoms with E-state index >= 15 is 0 Å². The number of amides is 1. The van der Waals surface area contributed by atoms with Crippen LogP contribution in [0.2, 0.25) is 0 Å². The van der Waals surface area contributed by atoms with Gasteiger partial charge in [-0.2, -0.15) is 0 Å². The van der Waals surface area contributed by atoms with Crippen molar-refractivity contribution in [1.29, 1.82) is 0 Å². The molecule has 128 valence electrons. The van der Waals surface area contributed by atoms with Crippen LogP contribution in [0.5, 0.6) is 0 Å². The summed E-state index contributed by atoms with van der Waals surface area (Å²) in [4.78, 5) is 13.7. The van der Waals surface area contributed by atoms with Crippen LogP contribution in [0.4, 0.5) is 0 Å². The molecule has 0 spiro atoms. The normalized spacial score (nSPS) is 15.0. The number of rotatable bonds is 7. The van der Waals surface area contributed by atoms with Gasteiger partial charge in [0.25, 0.3) is 0 Å². The maximum absolute atomic E-state index is 12.6. The van der Waals surface area contributed by atoms with Gasteiger partial charge >= 0.3 is 0 Å². The van der Waals surface area contributed by atoms with E-state index < -0.39 is 5.41 Å². The molecule has 0 aliphatic heterocycles. The molecule has 2 aromatic heterocycles. The standard InChI is InChI=1S/C20H20N2O2S/c23-19(21-12-4-8-15-6-2-1-3-7-15)20(10-11-20)18-14-16(24-22-18)17-9-5-13-25-17/h1-3,5-7,9,13-14H,4,8,10-12H2,(H,21,23). The highest BCUT2D eigenvalue weighted by atomic mass is 32.1. The molecule has 0 radical (unpaired) electrons. The number of benzene rings is 1. The minimum atomic E-state index is -0.480. The van der Waals surface area contributed by atoms with Crippen LogP contribution in [0.1, 0.15) is 30.5 Å². The van der Waals surface area contributed by atoms with Crippen molar-refractivity contribution in [3.63, 3.8) is 0 Å². The lowest BCUT2D eigenvalue weighted by atomic mass is 10.0. The van der Waals surface area contributed by atoms with E-state index in [-0.39, 0.29) is 5.91 Å². The molecule has 2 heterocycles. The van der Waals surface area contributed by atoms with Crippen molar-refractivity contribution in [2.45, 2.75) is 31.1 Å². The summed E-state index contributed by atoms with van der Waals surface area (Å²) >= 11 is 1.61. The molecule has 1 N–H and O–H groups in total. The Morgan fingerprint density at radius 2 is 2.04 bits per heavy atom. The highest BCUT2D eigenvalue weighted by Gasteiger charge is 2.53. The lowest BCUT2D eigenvalue weighted by Gasteiger charge is -2.12. The number of carbonyl (C=O) groups is 1. The zero-order chi connectivity index (χ0) is 17.1. The molecule has 1 aromatic carbocycles. The molecule has 5 heteroatoms. The van der Waals surface area contributed by atoms with Crippen LogP contribution in [0.25, 0.3) is 10.6 Å². The van der Waals surface area contributed by atoms with Gasteiger partial charge in [0.15, 0.2) is 5.76 Å². The molecule has 1 fully saturated rings. The number of nitrogens with one attached hydrogen (secondary N) is 1. The van der Waals surface area contributed by atoms with Gasteiger partial charge in [-0.25, -0.2) is 0 Å².